The predicted octanol–water partition coefficient (Wildman–Crippen LogP) is 3.21. The Bertz CT molecular complexity index is 169. The van der Waals surface area contributed by atoms with Gasteiger partial charge in [0.2, 0.25) is 0 Å². The molecule has 1 N–H and O–H groups in total. The summed E-state index contributed by atoms with van der Waals surface area (Å²) in [5.41, 5.74) is -0.685. The normalized spacial score (nSPS) is 24.1. The van der Waals surface area contributed by atoms with Crippen LogP contribution in [-0.4, -0.2) is 10.7 Å². The summed E-state index contributed by atoms with van der Waals surface area (Å²) in [5.74, 6) is 0. The van der Waals surface area contributed by atoms with Crippen molar-refractivity contribution in [3.8, 4) is 0 Å². The van der Waals surface area contributed by atoms with Crippen LogP contribution < -0.4 is 0 Å². The van der Waals surface area contributed by atoms with Gasteiger partial charge in [0.1, 0.15) is 0 Å². The van der Waals surface area contributed by atoms with Crippen LogP contribution in [0.5, 0.6) is 0 Å². The quantitative estimate of drug-likeness (QED) is 0.706. The zero-order valence-electron chi connectivity index (χ0n) is 7.65. The number of halogens is 1. The molecule has 0 heterocycles. The first kappa shape index (κ1) is 10.1. The average Bonchev–Trinajstić information content (AvgIpc) is 2.06. The number of hydrogen-bond acceptors (Lipinski definition) is 1. The molecular weight excluding hydrogens is 172 g/mol. The Morgan fingerprint density at radius 1 is 1.42 bits per heavy atom. The third-order valence-corrected chi connectivity index (χ3v) is 3.01. The van der Waals surface area contributed by atoms with E-state index in [0.717, 1.165) is 32.1 Å². The fourth-order valence-corrected chi connectivity index (χ4v) is 2.09. The summed E-state index contributed by atoms with van der Waals surface area (Å²) in [4.78, 5) is 0. The van der Waals surface area contributed by atoms with E-state index in [2.05, 4.69) is 0 Å². The molecule has 1 fully saturated rings. The maximum absolute atomic E-state index is 10.1. The van der Waals surface area contributed by atoms with Gasteiger partial charge in [-0.2, -0.15) is 0 Å². The summed E-state index contributed by atoms with van der Waals surface area (Å²) in [5, 5.41) is 10.7. The molecule has 0 unspecified atom stereocenters. The SMILES string of the molecule is CC/C=C(\Cl)C1(O)CCCCC1. The van der Waals surface area contributed by atoms with Crippen LogP contribution in [0.2, 0.25) is 0 Å². The van der Waals surface area contributed by atoms with Crippen molar-refractivity contribution in [2.75, 3.05) is 0 Å². The standard InChI is InChI=1S/C10H17ClO/c1-2-6-9(11)10(12)7-4-3-5-8-10/h6,12H,2-5,7-8H2,1H3/b9-6-. The van der Waals surface area contributed by atoms with Gasteiger partial charge in [0, 0.05) is 5.03 Å². The molecular formula is C10H17ClO. The molecule has 0 spiro atoms. The lowest BCUT2D eigenvalue weighted by Crippen LogP contribution is -2.31. The highest BCUT2D eigenvalue weighted by atomic mass is 35.5. The fraction of sp³-hybridized carbons (Fsp3) is 0.800. The first-order chi connectivity index (χ1) is 5.69. The molecule has 0 aromatic rings. The van der Waals surface area contributed by atoms with E-state index in [4.69, 9.17) is 11.6 Å². The molecule has 1 saturated carbocycles. The molecule has 1 nitrogen and oxygen atoms in total. The Kier molecular flexibility index (Phi) is 3.60. The van der Waals surface area contributed by atoms with Crippen molar-refractivity contribution in [2.45, 2.75) is 51.0 Å². The summed E-state index contributed by atoms with van der Waals surface area (Å²) < 4.78 is 0. The van der Waals surface area contributed by atoms with Crippen LogP contribution in [-0.2, 0) is 0 Å². The van der Waals surface area contributed by atoms with Crippen LogP contribution in [0.4, 0.5) is 0 Å². The van der Waals surface area contributed by atoms with Crippen LogP contribution in [0.15, 0.2) is 11.1 Å². The molecule has 0 aromatic carbocycles. The van der Waals surface area contributed by atoms with Crippen molar-refractivity contribution in [2.24, 2.45) is 0 Å². The topological polar surface area (TPSA) is 20.2 Å². The zero-order valence-corrected chi connectivity index (χ0v) is 8.40. The maximum atomic E-state index is 10.1. The van der Waals surface area contributed by atoms with Crippen molar-refractivity contribution >= 4 is 11.6 Å². The smallest absolute Gasteiger partial charge is 0.0998 e. The molecule has 0 saturated heterocycles. The summed E-state index contributed by atoms with van der Waals surface area (Å²) in [6.07, 6.45) is 7.94. The van der Waals surface area contributed by atoms with Gasteiger partial charge in [-0.05, 0) is 19.3 Å². The maximum Gasteiger partial charge on any atom is 0.0998 e. The molecule has 0 aliphatic heterocycles. The summed E-state index contributed by atoms with van der Waals surface area (Å²) in [6.45, 7) is 2.04. The Morgan fingerprint density at radius 3 is 2.50 bits per heavy atom. The molecule has 0 bridgehead atoms. The van der Waals surface area contributed by atoms with E-state index in [1.54, 1.807) is 0 Å². The predicted molar refractivity (Wildman–Crippen MR) is 52.3 cm³/mol. The molecule has 0 radical (unpaired) electrons. The van der Waals surface area contributed by atoms with E-state index in [9.17, 15) is 5.11 Å². The van der Waals surface area contributed by atoms with Gasteiger partial charge in [0.15, 0.2) is 0 Å². The van der Waals surface area contributed by atoms with Crippen molar-refractivity contribution in [3.05, 3.63) is 11.1 Å². The lowest BCUT2D eigenvalue weighted by molar-refractivity contribution is 0.0465. The number of aliphatic hydroxyl groups is 1. The zero-order chi connectivity index (χ0) is 9.03. The summed E-state index contributed by atoms with van der Waals surface area (Å²) >= 11 is 6.01. The molecule has 70 valence electrons. The highest BCUT2D eigenvalue weighted by molar-refractivity contribution is 6.30. The van der Waals surface area contributed by atoms with Crippen LogP contribution in [0.25, 0.3) is 0 Å². The van der Waals surface area contributed by atoms with Crippen LogP contribution >= 0.6 is 11.6 Å². The Labute approximate surface area is 79.4 Å². The molecule has 0 atom stereocenters. The van der Waals surface area contributed by atoms with Gasteiger partial charge in [0.25, 0.3) is 0 Å². The van der Waals surface area contributed by atoms with E-state index < -0.39 is 5.60 Å². The van der Waals surface area contributed by atoms with Gasteiger partial charge < -0.3 is 5.11 Å². The molecule has 0 aromatic heterocycles. The Balaban J connectivity index is 2.62. The average molecular weight is 189 g/mol. The number of hydrogen-bond donors (Lipinski definition) is 1. The van der Waals surface area contributed by atoms with Crippen LogP contribution in [0.3, 0.4) is 0 Å². The minimum atomic E-state index is -0.685. The van der Waals surface area contributed by atoms with Gasteiger partial charge in [-0.3, -0.25) is 0 Å². The highest BCUT2D eigenvalue weighted by Gasteiger charge is 2.31. The highest BCUT2D eigenvalue weighted by Crippen LogP contribution is 2.36. The Morgan fingerprint density at radius 2 is 2.00 bits per heavy atom. The first-order valence-electron chi connectivity index (χ1n) is 4.77. The molecule has 2 heteroatoms. The van der Waals surface area contributed by atoms with E-state index in [0.29, 0.717) is 5.03 Å². The molecule has 1 rings (SSSR count). The molecule has 1 aliphatic rings. The van der Waals surface area contributed by atoms with Crippen molar-refractivity contribution in [1.82, 2.24) is 0 Å². The largest absolute Gasteiger partial charge is 0.384 e. The fourth-order valence-electron chi connectivity index (χ4n) is 1.74. The summed E-state index contributed by atoms with van der Waals surface area (Å²) in [7, 11) is 0. The third kappa shape index (κ3) is 2.24. The van der Waals surface area contributed by atoms with Gasteiger partial charge in [-0.1, -0.05) is 43.9 Å². The lowest BCUT2D eigenvalue weighted by atomic mass is 9.84. The minimum absolute atomic E-state index is 0.657. The first-order valence-corrected chi connectivity index (χ1v) is 5.15. The molecule has 12 heavy (non-hydrogen) atoms. The third-order valence-electron chi connectivity index (χ3n) is 2.51. The van der Waals surface area contributed by atoms with E-state index in [-0.39, 0.29) is 0 Å². The van der Waals surface area contributed by atoms with Crippen LogP contribution in [0, 0.1) is 0 Å². The van der Waals surface area contributed by atoms with Crippen molar-refractivity contribution in [3.63, 3.8) is 0 Å². The Hall–Kier alpha value is -0.0100. The van der Waals surface area contributed by atoms with Gasteiger partial charge in [-0.25, -0.2) is 0 Å². The second kappa shape index (κ2) is 4.29. The van der Waals surface area contributed by atoms with Crippen LogP contribution in [0.1, 0.15) is 45.4 Å². The number of rotatable bonds is 2. The minimum Gasteiger partial charge on any atom is -0.384 e. The second-order valence-corrected chi connectivity index (χ2v) is 3.96. The summed E-state index contributed by atoms with van der Waals surface area (Å²) in [6, 6.07) is 0. The van der Waals surface area contributed by atoms with E-state index >= 15 is 0 Å². The molecule has 0 amide bonds. The number of allylic oxidation sites excluding steroid dienone is 1. The van der Waals surface area contributed by atoms with Gasteiger partial charge >= 0.3 is 0 Å². The van der Waals surface area contributed by atoms with Gasteiger partial charge in [-0.15, -0.1) is 0 Å². The van der Waals surface area contributed by atoms with E-state index in [1.165, 1.54) is 6.42 Å². The van der Waals surface area contributed by atoms with Crippen molar-refractivity contribution < 1.29 is 5.11 Å². The molecule has 1 aliphatic carbocycles. The lowest BCUT2D eigenvalue weighted by Gasteiger charge is -2.31. The van der Waals surface area contributed by atoms with Crippen molar-refractivity contribution in [1.29, 1.82) is 0 Å². The monoisotopic (exact) mass is 188 g/mol. The van der Waals surface area contributed by atoms with E-state index in [1.807, 2.05) is 13.0 Å². The van der Waals surface area contributed by atoms with Gasteiger partial charge in [0.05, 0.1) is 5.60 Å². The second-order valence-electron chi connectivity index (χ2n) is 3.55.